The third-order valence-electron chi connectivity index (χ3n) is 1.81. The summed E-state index contributed by atoms with van der Waals surface area (Å²) in [4.78, 5) is 0. The molecule has 0 heterocycles. The molecular formula is C10H16N4. The van der Waals surface area contributed by atoms with Crippen LogP contribution in [0.1, 0.15) is 39.5 Å². The standard InChI is InChI=1S/C10H16N4/c1-9(5-3-7-11)13-14-10(2)6-4-8-12/h9-10H,3-6H2,1-2H3/b14-13+. The first-order chi connectivity index (χ1) is 6.70. The normalized spacial score (nSPS) is 14.6. The van der Waals surface area contributed by atoms with Gasteiger partial charge in [0.05, 0.1) is 24.2 Å². The van der Waals surface area contributed by atoms with Crippen LogP contribution in [-0.4, -0.2) is 12.1 Å². The van der Waals surface area contributed by atoms with Gasteiger partial charge in [0.25, 0.3) is 0 Å². The molecule has 0 saturated carbocycles. The lowest BCUT2D eigenvalue weighted by atomic mass is 10.2. The van der Waals surface area contributed by atoms with Crippen molar-refractivity contribution in [3.63, 3.8) is 0 Å². The van der Waals surface area contributed by atoms with Crippen LogP contribution in [0, 0.1) is 22.7 Å². The molecule has 0 rings (SSSR count). The fourth-order valence-corrected chi connectivity index (χ4v) is 0.890. The second-order valence-electron chi connectivity index (χ2n) is 3.32. The molecule has 0 bridgehead atoms. The zero-order valence-corrected chi connectivity index (χ0v) is 8.77. The molecule has 0 aromatic carbocycles. The maximum atomic E-state index is 8.35. The molecule has 0 amide bonds. The Morgan fingerprint density at radius 2 is 1.29 bits per heavy atom. The quantitative estimate of drug-likeness (QED) is 0.607. The molecule has 0 fully saturated rings. The van der Waals surface area contributed by atoms with Crippen LogP contribution in [0.15, 0.2) is 10.2 Å². The van der Waals surface area contributed by atoms with Gasteiger partial charge in [-0.3, -0.25) is 0 Å². The van der Waals surface area contributed by atoms with E-state index >= 15 is 0 Å². The molecule has 14 heavy (non-hydrogen) atoms. The molecule has 2 unspecified atom stereocenters. The van der Waals surface area contributed by atoms with E-state index in [2.05, 4.69) is 22.4 Å². The van der Waals surface area contributed by atoms with E-state index in [-0.39, 0.29) is 12.1 Å². The van der Waals surface area contributed by atoms with Crippen LogP contribution < -0.4 is 0 Å². The summed E-state index contributed by atoms with van der Waals surface area (Å²) >= 11 is 0. The minimum Gasteiger partial charge on any atom is -0.198 e. The van der Waals surface area contributed by atoms with Crippen LogP contribution in [-0.2, 0) is 0 Å². The molecular weight excluding hydrogens is 176 g/mol. The predicted molar refractivity (Wildman–Crippen MR) is 53.5 cm³/mol. The second-order valence-corrected chi connectivity index (χ2v) is 3.32. The minimum absolute atomic E-state index is 0.110. The molecule has 0 aliphatic heterocycles. The average Bonchev–Trinajstić information content (AvgIpc) is 2.20. The molecule has 0 aromatic heterocycles. The summed E-state index contributed by atoms with van der Waals surface area (Å²) < 4.78 is 0. The topological polar surface area (TPSA) is 72.3 Å². The lowest BCUT2D eigenvalue weighted by Gasteiger charge is -2.04. The van der Waals surface area contributed by atoms with Crippen molar-refractivity contribution in [1.29, 1.82) is 10.5 Å². The average molecular weight is 192 g/mol. The van der Waals surface area contributed by atoms with E-state index in [1.54, 1.807) is 0 Å². The highest BCUT2D eigenvalue weighted by molar-refractivity contribution is 4.74. The van der Waals surface area contributed by atoms with E-state index in [1.807, 2.05) is 13.8 Å². The number of nitriles is 2. The van der Waals surface area contributed by atoms with Gasteiger partial charge in [0, 0.05) is 12.8 Å². The molecule has 0 N–H and O–H groups in total. The maximum Gasteiger partial charge on any atom is 0.0690 e. The molecule has 4 nitrogen and oxygen atoms in total. The fraction of sp³-hybridized carbons (Fsp3) is 0.800. The smallest absolute Gasteiger partial charge is 0.0690 e. The third kappa shape index (κ3) is 7.24. The summed E-state index contributed by atoms with van der Waals surface area (Å²) in [5.74, 6) is 0. The van der Waals surface area contributed by atoms with Gasteiger partial charge >= 0.3 is 0 Å². The van der Waals surface area contributed by atoms with Gasteiger partial charge < -0.3 is 0 Å². The van der Waals surface area contributed by atoms with Gasteiger partial charge in [-0.05, 0) is 26.7 Å². The Balaban J connectivity index is 3.69. The van der Waals surface area contributed by atoms with Crippen molar-refractivity contribution in [2.24, 2.45) is 10.2 Å². The Morgan fingerprint density at radius 1 is 0.929 bits per heavy atom. The number of hydrogen-bond donors (Lipinski definition) is 0. The van der Waals surface area contributed by atoms with Crippen molar-refractivity contribution in [2.75, 3.05) is 0 Å². The molecule has 2 atom stereocenters. The van der Waals surface area contributed by atoms with E-state index in [4.69, 9.17) is 10.5 Å². The van der Waals surface area contributed by atoms with Crippen LogP contribution in [0.4, 0.5) is 0 Å². The highest BCUT2D eigenvalue weighted by atomic mass is 15.1. The van der Waals surface area contributed by atoms with Crippen LogP contribution in [0.3, 0.4) is 0 Å². The SMILES string of the molecule is CC(CCC#N)/N=N/C(C)CCC#N. The van der Waals surface area contributed by atoms with Crippen molar-refractivity contribution in [2.45, 2.75) is 51.6 Å². The van der Waals surface area contributed by atoms with Crippen LogP contribution >= 0.6 is 0 Å². The van der Waals surface area contributed by atoms with Crippen molar-refractivity contribution >= 4 is 0 Å². The fourth-order valence-electron chi connectivity index (χ4n) is 0.890. The zero-order valence-electron chi connectivity index (χ0n) is 8.77. The summed E-state index contributed by atoms with van der Waals surface area (Å²) in [7, 11) is 0. The van der Waals surface area contributed by atoms with E-state index < -0.39 is 0 Å². The molecule has 0 aromatic rings. The highest BCUT2D eigenvalue weighted by Crippen LogP contribution is 2.05. The lowest BCUT2D eigenvalue weighted by Crippen LogP contribution is -2.00. The Morgan fingerprint density at radius 3 is 1.57 bits per heavy atom. The summed E-state index contributed by atoms with van der Waals surface area (Å²) in [5, 5.41) is 24.9. The van der Waals surface area contributed by atoms with E-state index in [0.717, 1.165) is 12.8 Å². The number of nitrogens with zero attached hydrogens (tertiary/aromatic N) is 4. The first kappa shape index (κ1) is 12.6. The van der Waals surface area contributed by atoms with Crippen molar-refractivity contribution in [1.82, 2.24) is 0 Å². The second kappa shape index (κ2) is 8.19. The molecule has 0 saturated heterocycles. The van der Waals surface area contributed by atoms with Gasteiger partial charge in [0.1, 0.15) is 0 Å². The predicted octanol–water partition coefficient (Wildman–Crippen LogP) is 2.82. The van der Waals surface area contributed by atoms with Crippen LogP contribution in [0.5, 0.6) is 0 Å². The van der Waals surface area contributed by atoms with Gasteiger partial charge in [-0.25, -0.2) is 0 Å². The van der Waals surface area contributed by atoms with Crippen molar-refractivity contribution < 1.29 is 0 Å². The zero-order chi connectivity index (χ0) is 10.8. The third-order valence-corrected chi connectivity index (χ3v) is 1.81. The van der Waals surface area contributed by atoms with E-state index in [9.17, 15) is 0 Å². The van der Waals surface area contributed by atoms with E-state index in [0.29, 0.717) is 12.8 Å². The van der Waals surface area contributed by atoms with Crippen LogP contribution in [0.25, 0.3) is 0 Å². The van der Waals surface area contributed by atoms with Gasteiger partial charge in [-0.15, -0.1) is 0 Å². The van der Waals surface area contributed by atoms with Crippen LogP contribution in [0.2, 0.25) is 0 Å². The Kier molecular flexibility index (Phi) is 7.36. The Hall–Kier alpha value is -1.42. The number of azo groups is 1. The molecule has 0 radical (unpaired) electrons. The summed E-state index contributed by atoms with van der Waals surface area (Å²) in [5.41, 5.74) is 0. The van der Waals surface area contributed by atoms with Gasteiger partial charge in [0.15, 0.2) is 0 Å². The van der Waals surface area contributed by atoms with Gasteiger partial charge in [0.2, 0.25) is 0 Å². The Labute approximate surface area is 85.3 Å². The van der Waals surface area contributed by atoms with Gasteiger partial charge in [-0.2, -0.15) is 20.8 Å². The number of rotatable bonds is 6. The van der Waals surface area contributed by atoms with E-state index in [1.165, 1.54) is 0 Å². The first-order valence-corrected chi connectivity index (χ1v) is 4.84. The molecule has 4 heteroatoms. The molecule has 76 valence electrons. The lowest BCUT2D eigenvalue weighted by molar-refractivity contribution is 0.575. The summed E-state index contributed by atoms with van der Waals surface area (Å²) in [6.45, 7) is 3.88. The van der Waals surface area contributed by atoms with Crippen molar-refractivity contribution in [3.8, 4) is 12.1 Å². The maximum absolute atomic E-state index is 8.35. The van der Waals surface area contributed by atoms with Gasteiger partial charge in [-0.1, -0.05) is 0 Å². The molecule has 0 aliphatic rings. The molecule has 0 aliphatic carbocycles. The van der Waals surface area contributed by atoms with Crippen molar-refractivity contribution in [3.05, 3.63) is 0 Å². The minimum atomic E-state index is 0.110. The first-order valence-electron chi connectivity index (χ1n) is 4.84. The summed E-state index contributed by atoms with van der Waals surface area (Å²) in [6, 6.07) is 4.37. The number of hydrogen-bond acceptors (Lipinski definition) is 4. The largest absolute Gasteiger partial charge is 0.198 e. The highest BCUT2D eigenvalue weighted by Gasteiger charge is 2.01. The molecule has 0 spiro atoms. The summed E-state index contributed by atoms with van der Waals surface area (Å²) in [6.07, 6.45) is 2.55. The monoisotopic (exact) mass is 192 g/mol. The Bertz CT molecular complexity index is 220.